The summed E-state index contributed by atoms with van der Waals surface area (Å²) in [6.45, 7) is 10.9. The molecular weight excluding hydrogens is 248 g/mol. The highest BCUT2D eigenvalue weighted by atomic mass is 28.3. The van der Waals surface area contributed by atoms with Crippen LogP contribution in [-0.4, -0.2) is 13.9 Å². The van der Waals surface area contributed by atoms with E-state index in [1.165, 1.54) is 11.1 Å². The van der Waals surface area contributed by atoms with Gasteiger partial charge in [0.2, 0.25) is 0 Å². The standard InChI is InChI=1S/C17H22OSi/c1-12(2)14-11-15(13-9-7-6-8-10-13)17(16(14)18)19(3,4)5/h6-11,17H,1-5H3. The van der Waals surface area contributed by atoms with Crippen LogP contribution in [0.15, 0.2) is 47.6 Å². The van der Waals surface area contributed by atoms with Crippen molar-refractivity contribution in [3.05, 3.63) is 53.1 Å². The van der Waals surface area contributed by atoms with Gasteiger partial charge in [0.15, 0.2) is 5.78 Å². The second-order valence-corrected chi connectivity index (χ2v) is 11.9. The predicted octanol–water partition coefficient (Wildman–Crippen LogP) is 4.70. The second kappa shape index (κ2) is 4.93. The van der Waals surface area contributed by atoms with Gasteiger partial charge in [0.1, 0.15) is 0 Å². The van der Waals surface area contributed by atoms with Crippen LogP contribution in [0.1, 0.15) is 19.4 Å². The first kappa shape index (κ1) is 14.0. The molecule has 0 saturated carbocycles. The lowest BCUT2D eigenvalue weighted by molar-refractivity contribution is -0.114. The number of benzene rings is 1. The zero-order valence-corrected chi connectivity index (χ0v) is 13.4. The van der Waals surface area contributed by atoms with Gasteiger partial charge in [0.25, 0.3) is 0 Å². The molecule has 0 aromatic heterocycles. The van der Waals surface area contributed by atoms with E-state index in [1.54, 1.807) is 0 Å². The van der Waals surface area contributed by atoms with Gasteiger partial charge in [-0.15, -0.1) is 0 Å². The molecule has 0 fully saturated rings. The Hall–Kier alpha value is -1.41. The molecule has 0 radical (unpaired) electrons. The van der Waals surface area contributed by atoms with E-state index in [0.717, 1.165) is 11.1 Å². The van der Waals surface area contributed by atoms with E-state index in [2.05, 4.69) is 37.8 Å². The van der Waals surface area contributed by atoms with Crippen LogP contribution in [0.2, 0.25) is 25.2 Å². The zero-order chi connectivity index (χ0) is 14.2. The number of ketones is 1. The monoisotopic (exact) mass is 270 g/mol. The molecule has 0 amide bonds. The molecule has 0 bridgehead atoms. The fraction of sp³-hybridized carbons (Fsp3) is 0.353. The van der Waals surface area contributed by atoms with Gasteiger partial charge in [-0.05, 0) is 31.1 Å². The van der Waals surface area contributed by atoms with Crippen molar-refractivity contribution in [3.63, 3.8) is 0 Å². The van der Waals surface area contributed by atoms with Gasteiger partial charge in [-0.1, -0.05) is 55.5 Å². The minimum atomic E-state index is -1.57. The van der Waals surface area contributed by atoms with Crippen molar-refractivity contribution in [1.82, 2.24) is 0 Å². The van der Waals surface area contributed by atoms with E-state index in [1.807, 2.05) is 32.0 Å². The molecule has 0 N–H and O–H groups in total. The summed E-state index contributed by atoms with van der Waals surface area (Å²) in [5.41, 5.74) is 4.56. The summed E-state index contributed by atoms with van der Waals surface area (Å²) in [4.78, 5) is 12.7. The van der Waals surface area contributed by atoms with Gasteiger partial charge in [-0.25, -0.2) is 0 Å². The second-order valence-electron chi connectivity index (χ2n) is 6.54. The molecule has 1 atom stereocenters. The van der Waals surface area contributed by atoms with E-state index in [-0.39, 0.29) is 5.54 Å². The van der Waals surface area contributed by atoms with Crippen LogP contribution in [0.3, 0.4) is 0 Å². The Labute approximate surface area is 117 Å². The lowest BCUT2D eigenvalue weighted by Gasteiger charge is -2.26. The average Bonchev–Trinajstić information content (AvgIpc) is 2.68. The number of allylic oxidation sites excluding steroid dienone is 4. The number of hydrogen-bond acceptors (Lipinski definition) is 1. The van der Waals surface area contributed by atoms with Crippen molar-refractivity contribution in [2.45, 2.75) is 39.0 Å². The Morgan fingerprint density at radius 2 is 1.63 bits per heavy atom. The predicted molar refractivity (Wildman–Crippen MR) is 84.9 cm³/mol. The summed E-state index contributed by atoms with van der Waals surface area (Å²) >= 11 is 0. The Morgan fingerprint density at radius 3 is 2.11 bits per heavy atom. The van der Waals surface area contributed by atoms with Crippen molar-refractivity contribution < 1.29 is 4.79 Å². The minimum Gasteiger partial charge on any atom is -0.294 e. The van der Waals surface area contributed by atoms with Gasteiger partial charge in [-0.3, -0.25) is 4.79 Å². The van der Waals surface area contributed by atoms with E-state index in [0.29, 0.717) is 5.78 Å². The molecule has 1 unspecified atom stereocenters. The van der Waals surface area contributed by atoms with Gasteiger partial charge in [0, 0.05) is 11.1 Å². The Kier molecular flexibility index (Phi) is 3.63. The van der Waals surface area contributed by atoms with Crippen molar-refractivity contribution in [1.29, 1.82) is 0 Å². The average molecular weight is 270 g/mol. The fourth-order valence-electron chi connectivity index (χ4n) is 2.74. The third-order valence-corrected chi connectivity index (χ3v) is 5.96. The van der Waals surface area contributed by atoms with E-state index < -0.39 is 8.07 Å². The van der Waals surface area contributed by atoms with E-state index >= 15 is 0 Å². The largest absolute Gasteiger partial charge is 0.294 e. The smallest absolute Gasteiger partial charge is 0.167 e. The van der Waals surface area contributed by atoms with Crippen LogP contribution in [0.4, 0.5) is 0 Å². The molecule has 100 valence electrons. The van der Waals surface area contributed by atoms with Crippen LogP contribution in [-0.2, 0) is 4.79 Å². The first-order valence-electron chi connectivity index (χ1n) is 6.81. The molecule has 1 aromatic rings. The molecule has 1 aliphatic rings. The minimum absolute atomic E-state index is 0.0970. The molecule has 19 heavy (non-hydrogen) atoms. The van der Waals surface area contributed by atoms with Crippen LogP contribution in [0, 0.1) is 0 Å². The highest BCUT2D eigenvalue weighted by Gasteiger charge is 2.41. The molecule has 2 heteroatoms. The summed E-state index contributed by atoms with van der Waals surface area (Å²) < 4.78 is 0. The third kappa shape index (κ3) is 2.64. The van der Waals surface area contributed by atoms with Crippen LogP contribution < -0.4 is 0 Å². The van der Waals surface area contributed by atoms with Crippen LogP contribution in [0.25, 0.3) is 5.57 Å². The summed E-state index contributed by atoms with van der Waals surface area (Å²) in [7, 11) is -1.57. The molecular formula is C17H22OSi. The third-order valence-electron chi connectivity index (χ3n) is 3.65. The van der Waals surface area contributed by atoms with Gasteiger partial charge < -0.3 is 0 Å². The Balaban J connectivity index is 2.58. The fourth-order valence-corrected chi connectivity index (χ4v) is 4.86. The molecule has 0 aliphatic heterocycles. The number of hydrogen-bond donors (Lipinski definition) is 0. The molecule has 0 saturated heterocycles. The van der Waals surface area contributed by atoms with Crippen molar-refractivity contribution in [2.75, 3.05) is 0 Å². The summed E-state index contributed by atoms with van der Waals surface area (Å²) in [6, 6.07) is 10.3. The number of carbonyl (C=O) groups is 1. The van der Waals surface area contributed by atoms with Crippen LogP contribution in [0.5, 0.6) is 0 Å². The quantitative estimate of drug-likeness (QED) is 0.562. The highest BCUT2D eigenvalue weighted by molar-refractivity contribution is 6.83. The Bertz CT molecular complexity index is 555. The number of rotatable bonds is 2. The molecule has 2 rings (SSSR count). The molecule has 1 aromatic carbocycles. The summed E-state index contributed by atoms with van der Waals surface area (Å²) in [5.74, 6) is 0.331. The molecule has 0 heterocycles. The number of Topliss-reactive ketones (excluding diaryl/α,β-unsaturated/α-hetero) is 1. The van der Waals surface area contributed by atoms with Gasteiger partial charge in [-0.2, -0.15) is 0 Å². The van der Waals surface area contributed by atoms with Crippen LogP contribution >= 0.6 is 0 Å². The maximum Gasteiger partial charge on any atom is 0.167 e. The maximum atomic E-state index is 12.7. The van der Waals surface area contributed by atoms with E-state index in [4.69, 9.17) is 0 Å². The molecule has 1 aliphatic carbocycles. The van der Waals surface area contributed by atoms with Gasteiger partial charge >= 0.3 is 0 Å². The van der Waals surface area contributed by atoms with Crippen molar-refractivity contribution >= 4 is 19.4 Å². The normalized spacial score (nSPS) is 19.6. The molecule has 1 nitrogen and oxygen atoms in total. The van der Waals surface area contributed by atoms with Crippen molar-refractivity contribution in [2.24, 2.45) is 0 Å². The zero-order valence-electron chi connectivity index (χ0n) is 12.4. The summed E-state index contributed by atoms with van der Waals surface area (Å²) in [5, 5.41) is 0. The van der Waals surface area contributed by atoms with Gasteiger partial charge in [0.05, 0.1) is 8.07 Å². The lowest BCUT2D eigenvalue weighted by atomic mass is 10.1. The van der Waals surface area contributed by atoms with E-state index in [9.17, 15) is 4.79 Å². The first-order chi connectivity index (χ1) is 8.82. The topological polar surface area (TPSA) is 17.1 Å². The lowest BCUT2D eigenvalue weighted by Crippen LogP contribution is -2.32. The summed E-state index contributed by atoms with van der Waals surface area (Å²) in [6.07, 6.45) is 2.12. The maximum absolute atomic E-state index is 12.7. The number of carbonyl (C=O) groups excluding carboxylic acids is 1. The highest BCUT2D eigenvalue weighted by Crippen LogP contribution is 2.45. The first-order valence-corrected chi connectivity index (χ1v) is 10.4. The SMILES string of the molecule is CC(C)=C1C=C(c2ccccc2)C([Si](C)(C)C)C1=O. The Morgan fingerprint density at radius 1 is 1.05 bits per heavy atom. The van der Waals surface area contributed by atoms with Crippen molar-refractivity contribution in [3.8, 4) is 0 Å². The molecule has 0 spiro atoms.